The van der Waals surface area contributed by atoms with Crippen LogP contribution in [0.2, 0.25) is 0 Å². The molecule has 1 aliphatic carbocycles. The van der Waals surface area contributed by atoms with E-state index in [1.807, 2.05) is 0 Å². The molecule has 4 nitrogen and oxygen atoms in total. The summed E-state index contributed by atoms with van der Waals surface area (Å²) in [5.41, 5.74) is 0.596. The third-order valence-corrected chi connectivity index (χ3v) is 4.07. The molecule has 2 rings (SSSR count). The van der Waals surface area contributed by atoms with Crippen molar-refractivity contribution in [3.8, 4) is 0 Å². The molecule has 0 aromatic heterocycles. The number of nitrogens with zero attached hydrogens (tertiary/aromatic N) is 1. The normalized spacial score (nSPS) is 21.0. The van der Waals surface area contributed by atoms with E-state index in [-0.39, 0.29) is 16.9 Å². The van der Waals surface area contributed by atoms with E-state index >= 15 is 0 Å². The molecule has 0 spiro atoms. The van der Waals surface area contributed by atoms with Crippen molar-refractivity contribution in [2.45, 2.75) is 53.0 Å². The van der Waals surface area contributed by atoms with Gasteiger partial charge >= 0.3 is 5.69 Å². The fourth-order valence-electron chi connectivity index (χ4n) is 3.93. The minimum absolute atomic E-state index is 0.235. The van der Waals surface area contributed by atoms with Crippen LogP contribution in [0.4, 0.5) is 15.8 Å². The summed E-state index contributed by atoms with van der Waals surface area (Å²) in [7, 11) is 0. The largest absolute Gasteiger partial charge is 0.382 e. The van der Waals surface area contributed by atoms with Gasteiger partial charge in [0, 0.05) is 23.9 Å². The van der Waals surface area contributed by atoms with Crippen LogP contribution in [0, 0.1) is 26.8 Å². The number of nitro benzene ring substituents is 1. The third kappa shape index (κ3) is 3.93. The van der Waals surface area contributed by atoms with Crippen LogP contribution in [0.1, 0.15) is 47.0 Å². The molecule has 0 heterocycles. The minimum atomic E-state index is -0.792. The van der Waals surface area contributed by atoms with Crippen molar-refractivity contribution in [1.82, 2.24) is 0 Å². The lowest BCUT2D eigenvalue weighted by Gasteiger charge is -2.45. The molecule has 0 saturated heterocycles. The number of benzene rings is 1. The van der Waals surface area contributed by atoms with Crippen molar-refractivity contribution in [2.24, 2.45) is 10.8 Å². The summed E-state index contributed by atoms with van der Waals surface area (Å²) in [6.45, 7) is 9.00. The lowest BCUT2D eigenvalue weighted by molar-refractivity contribution is -0.387. The van der Waals surface area contributed by atoms with E-state index in [2.05, 4.69) is 33.0 Å². The first-order valence-electron chi connectivity index (χ1n) is 7.29. The zero-order chi connectivity index (χ0) is 15.8. The number of rotatable bonds is 3. The molecule has 0 amide bonds. The molecule has 5 heteroatoms. The summed E-state index contributed by atoms with van der Waals surface area (Å²) < 4.78 is 13.7. The Bertz CT molecular complexity index is 539. The van der Waals surface area contributed by atoms with E-state index in [0.717, 1.165) is 19.3 Å². The SMILES string of the molecule is CC1(C)CC(Nc2ccc([N+](=O)[O-])c(F)c2)CC(C)(C)C1. The van der Waals surface area contributed by atoms with Gasteiger partial charge in [-0.25, -0.2) is 0 Å². The molecule has 1 N–H and O–H groups in total. The van der Waals surface area contributed by atoms with Crippen LogP contribution in [0.5, 0.6) is 0 Å². The molecule has 0 unspecified atom stereocenters. The standard InChI is InChI=1S/C16H23FN2O2/c1-15(2)8-12(9-16(3,4)10-15)18-11-5-6-14(19(20)21)13(17)7-11/h5-7,12,18H,8-10H2,1-4H3. The molecular formula is C16H23FN2O2. The maximum absolute atomic E-state index is 13.7. The highest BCUT2D eigenvalue weighted by Crippen LogP contribution is 2.46. The van der Waals surface area contributed by atoms with E-state index in [4.69, 9.17) is 0 Å². The molecule has 116 valence electrons. The predicted octanol–water partition coefficient (Wildman–Crippen LogP) is 4.75. The van der Waals surface area contributed by atoms with Gasteiger partial charge in [-0.2, -0.15) is 4.39 Å². The maximum atomic E-state index is 13.7. The number of halogens is 1. The highest BCUT2D eigenvalue weighted by Gasteiger charge is 2.38. The topological polar surface area (TPSA) is 55.2 Å². The molecule has 0 bridgehead atoms. The Labute approximate surface area is 124 Å². The van der Waals surface area contributed by atoms with E-state index in [9.17, 15) is 14.5 Å². The zero-order valence-electron chi connectivity index (χ0n) is 13.1. The Balaban J connectivity index is 2.14. The molecule has 1 aliphatic rings. The Morgan fingerprint density at radius 3 is 2.29 bits per heavy atom. The van der Waals surface area contributed by atoms with E-state index in [1.165, 1.54) is 12.1 Å². The number of nitro groups is 1. The van der Waals surface area contributed by atoms with Crippen LogP contribution in [-0.4, -0.2) is 11.0 Å². The lowest BCUT2D eigenvalue weighted by atomic mass is 9.63. The summed E-state index contributed by atoms with van der Waals surface area (Å²) in [5.74, 6) is -0.792. The number of hydrogen-bond donors (Lipinski definition) is 1. The summed E-state index contributed by atoms with van der Waals surface area (Å²) in [5, 5.41) is 14.0. The smallest absolute Gasteiger partial charge is 0.304 e. The maximum Gasteiger partial charge on any atom is 0.304 e. The quantitative estimate of drug-likeness (QED) is 0.646. The molecule has 1 saturated carbocycles. The first-order chi connectivity index (χ1) is 9.58. The van der Waals surface area contributed by atoms with Gasteiger partial charge in [0.15, 0.2) is 0 Å². The third-order valence-electron chi connectivity index (χ3n) is 4.07. The molecule has 21 heavy (non-hydrogen) atoms. The van der Waals surface area contributed by atoms with Gasteiger partial charge in [-0.05, 0) is 36.2 Å². The number of hydrogen-bond acceptors (Lipinski definition) is 3. The van der Waals surface area contributed by atoms with Gasteiger partial charge in [0.2, 0.25) is 5.82 Å². The van der Waals surface area contributed by atoms with Crippen molar-refractivity contribution in [3.63, 3.8) is 0 Å². The van der Waals surface area contributed by atoms with E-state index in [1.54, 1.807) is 6.07 Å². The second-order valence-electron chi connectivity index (χ2n) is 7.68. The molecule has 0 aliphatic heterocycles. The summed E-state index contributed by atoms with van der Waals surface area (Å²) in [4.78, 5) is 9.94. The van der Waals surface area contributed by atoms with Gasteiger partial charge in [-0.15, -0.1) is 0 Å². The van der Waals surface area contributed by atoms with Gasteiger partial charge in [0.25, 0.3) is 0 Å². The van der Waals surface area contributed by atoms with Gasteiger partial charge in [-0.3, -0.25) is 10.1 Å². The van der Waals surface area contributed by atoms with Crippen LogP contribution >= 0.6 is 0 Å². The van der Waals surface area contributed by atoms with E-state index in [0.29, 0.717) is 5.69 Å². The van der Waals surface area contributed by atoms with Crippen LogP contribution in [0.3, 0.4) is 0 Å². The monoisotopic (exact) mass is 294 g/mol. The van der Waals surface area contributed by atoms with Gasteiger partial charge in [0.05, 0.1) is 4.92 Å². The van der Waals surface area contributed by atoms with Crippen molar-refractivity contribution >= 4 is 11.4 Å². The second-order valence-corrected chi connectivity index (χ2v) is 7.68. The summed E-state index contributed by atoms with van der Waals surface area (Å²) in [6.07, 6.45) is 3.18. The first kappa shape index (κ1) is 15.7. The average molecular weight is 294 g/mol. The van der Waals surface area contributed by atoms with Crippen LogP contribution in [-0.2, 0) is 0 Å². The van der Waals surface area contributed by atoms with Crippen molar-refractivity contribution in [3.05, 3.63) is 34.1 Å². The highest BCUT2D eigenvalue weighted by atomic mass is 19.1. The fraction of sp³-hybridized carbons (Fsp3) is 0.625. The predicted molar refractivity (Wildman–Crippen MR) is 81.9 cm³/mol. The molecule has 1 fully saturated rings. The van der Waals surface area contributed by atoms with Crippen molar-refractivity contribution in [1.29, 1.82) is 0 Å². The summed E-state index contributed by atoms with van der Waals surface area (Å²) >= 11 is 0. The van der Waals surface area contributed by atoms with Gasteiger partial charge in [-0.1, -0.05) is 27.7 Å². The zero-order valence-corrected chi connectivity index (χ0v) is 13.1. The minimum Gasteiger partial charge on any atom is -0.382 e. The van der Waals surface area contributed by atoms with Crippen molar-refractivity contribution in [2.75, 3.05) is 5.32 Å². The Morgan fingerprint density at radius 2 is 1.81 bits per heavy atom. The van der Waals surface area contributed by atoms with Crippen LogP contribution in [0.15, 0.2) is 18.2 Å². The lowest BCUT2D eigenvalue weighted by Crippen LogP contribution is -2.40. The summed E-state index contributed by atoms with van der Waals surface area (Å²) in [6, 6.07) is 4.27. The van der Waals surface area contributed by atoms with E-state index < -0.39 is 16.4 Å². The Morgan fingerprint density at radius 1 is 1.24 bits per heavy atom. The Hall–Kier alpha value is -1.65. The number of nitrogens with one attached hydrogen (secondary N) is 1. The van der Waals surface area contributed by atoms with Crippen molar-refractivity contribution < 1.29 is 9.31 Å². The highest BCUT2D eigenvalue weighted by molar-refractivity contribution is 5.50. The van der Waals surface area contributed by atoms with Gasteiger partial charge in [0.1, 0.15) is 0 Å². The van der Waals surface area contributed by atoms with Gasteiger partial charge < -0.3 is 5.32 Å². The van der Waals surface area contributed by atoms with Crippen LogP contribution in [0.25, 0.3) is 0 Å². The molecule has 0 atom stereocenters. The molecule has 1 aromatic carbocycles. The second kappa shape index (κ2) is 5.28. The molecular weight excluding hydrogens is 271 g/mol. The Kier molecular flexibility index (Phi) is 3.95. The fourth-order valence-corrected chi connectivity index (χ4v) is 3.93. The molecule has 0 radical (unpaired) electrons. The molecule has 1 aromatic rings. The average Bonchev–Trinajstić information content (AvgIpc) is 2.23. The number of anilines is 1. The van der Waals surface area contributed by atoms with Crippen LogP contribution < -0.4 is 5.32 Å². The first-order valence-corrected chi connectivity index (χ1v) is 7.29.